The summed E-state index contributed by atoms with van der Waals surface area (Å²) in [6.07, 6.45) is 3.38. The normalized spacial score (nSPS) is 13.6. The number of thiophene rings is 1. The third-order valence-corrected chi connectivity index (χ3v) is 5.06. The first-order chi connectivity index (χ1) is 10.3. The maximum atomic E-state index is 6.38. The first-order valence-electron chi connectivity index (χ1n) is 6.62. The molecule has 0 aliphatic heterocycles. The van der Waals surface area contributed by atoms with Crippen LogP contribution in [0.4, 0.5) is 0 Å². The van der Waals surface area contributed by atoms with Crippen molar-refractivity contribution in [1.29, 1.82) is 0 Å². The van der Waals surface area contributed by atoms with Crippen molar-refractivity contribution in [2.24, 2.45) is 0 Å². The molecule has 0 saturated carbocycles. The van der Waals surface area contributed by atoms with Gasteiger partial charge in [0, 0.05) is 10.9 Å². The van der Waals surface area contributed by atoms with Crippen molar-refractivity contribution in [3.8, 4) is 17.4 Å². The van der Waals surface area contributed by atoms with Gasteiger partial charge in [-0.2, -0.15) is 0 Å². The Morgan fingerprint density at radius 2 is 2.10 bits per heavy atom. The fraction of sp³-hybridized carbons (Fsp3) is 0.286. The van der Waals surface area contributed by atoms with Crippen LogP contribution in [-0.4, -0.2) is 27.3 Å². The monoisotopic (exact) mass is 318 g/mol. The topological polar surface area (TPSA) is 60.8 Å². The van der Waals surface area contributed by atoms with Gasteiger partial charge in [-0.25, -0.2) is 9.97 Å². The molecule has 0 atom stereocenters. The van der Waals surface area contributed by atoms with Gasteiger partial charge >= 0.3 is 0 Å². The zero-order chi connectivity index (χ0) is 14.4. The van der Waals surface area contributed by atoms with Gasteiger partial charge in [0.1, 0.15) is 15.7 Å². The fourth-order valence-corrected chi connectivity index (χ4v) is 4.21. The van der Waals surface area contributed by atoms with Crippen LogP contribution in [0.1, 0.15) is 16.9 Å². The molecule has 106 valence electrons. The Labute approximate surface area is 130 Å². The summed E-state index contributed by atoms with van der Waals surface area (Å²) in [5, 5.41) is 9.54. The van der Waals surface area contributed by atoms with Crippen molar-refractivity contribution >= 4 is 33.2 Å². The molecule has 1 aliphatic rings. The average Bonchev–Trinajstić information content (AvgIpc) is 3.07. The van der Waals surface area contributed by atoms with Crippen LogP contribution < -0.4 is 4.74 Å². The second-order valence-corrected chi connectivity index (χ2v) is 6.28. The first kappa shape index (κ1) is 12.9. The Morgan fingerprint density at radius 3 is 2.86 bits per heavy atom. The number of hydrogen-bond acceptors (Lipinski definition) is 6. The number of hydrogen-bond donors (Lipinski definition) is 0. The van der Waals surface area contributed by atoms with Gasteiger partial charge in [-0.3, -0.25) is 0 Å². The fourth-order valence-electron chi connectivity index (χ4n) is 2.61. The maximum absolute atomic E-state index is 6.38. The molecule has 3 aromatic rings. The summed E-state index contributed by atoms with van der Waals surface area (Å²) in [5.74, 6) is 0.962. The number of halogens is 1. The van der Waals surface area contributed by atoms with Crippen molar-refractivity contribution in [1.82, 2.24) is 20.2 Å². The summed E-state index contributed by atoms with van der Waals surface area (Å²) in [5.41, 5.74) is 1.92. The van der Waals surface area contributed by atoms with Gasteiger partial charge in [0.05, 0.1) is 12.5 Å². The minimum Gasteiger partial charge on any atom is -0.480 e. The quantitative estimate of drug-likeness (QED) is 0.678. The minimum absolute atomic E-state index is 0.459. The number of ether oxygens (including phenoxy) is 1. The van der Waals surface area contributed by atoms with E-state index in [1.165, 1.54) is 16.9 Å². The van der Waals surface area contributed by atoms with E-state index in [-0.39, 0.29) is 0 Å². The van der Waals surface area contributed by atoms with E-state index in [0.29, 0.717) is 22.6 Å². The third-order valence-electron chi connectivity index (χ3n) is 3.60. The Hall–Kier alpha value is -1.79. The number of fused-ring (bicyclic) bond motifs is 3. The molecule has 0 amide bonds. The Bertz CT molecular complexity index is 831. The van der Waals surface area contributed by atoms with E-state index in [9.17, 15) is 0 Å². The minimum atomic E-state index is 0.459. The zero-order valence-electron chi connectivity index (χ0n) is 11.3. The molecule has 0 fully saturated rings. The molecule has 0 unspecified atom stereocenters. The van der Waals surface area contributed by atoms with E-state index in [1.54, 1.807) is 30.6 Å². The second kappa shape index (κ2) is 4.89. The molecule has 21 heavy (non-hydrogen) atoms. The smallest absolute Gasteiger partial charge is 0.233 e. The average molecular weight is 319 g/mol. The lowest BCUT2D eigenvalue weighted by Gasteiger charge is -2.02. The lowest BCUT2D eigenvalue weighted by molar-refractivity contribution is 0.392. The highest BCUT2D eigenvalue weighted by molar-refractivity contribution is 7.19. The van der Waals surface area contributed by atoms with Crippen molar-refractivity contribution < 1.29 is 4.74 Å². The van der Waals surface area contributed by atoms with E-state index < -0.39 is 0 Å². The molecule has 0 aromatic carbocycles. The van der Waals surface area contributed by atoms with Crippen LogP contribution >= 0.6 is 22.9 Å². The summed E-state index contributed by atoms with van der Waals surface area (Å²) in [6, 6.07) is 3.52. The zero-order valence-corrected chi connectivity index (χ0v) is 12.8. The van der Waals surface area contributed by atoms with Crippen molar-refractivity contribution in [3.63, 3.8) is 0 Å². The number of methoxy groups -OCH3 is 1. The van der Waals surface area contributed by atoms with Crippen molar-refractivity contribution in [3.05, 3.63) is 27.7 Å². The third kappa shape index (κ3) is 2.06. The van der Waals surface area contributed by atoms with Gasteiger partial charge in [-0.15, -0.1) is 21.5 Å². The van der Waals surface area contributed by atoms with Crippen molar-refractivity contribution in [2.45, 2.75) is 19.3 Å². The van der Waals surface area contributed by atoms with Crippen LogP contribution in [-0.2, 0) is 12.8 Å². The molecule has 3 aromatic heterocycles. The highest BCUT2D eigenvalue weighted by Crippen LogP contribution is 2.39. The molecule has 0 bridgehead atoms. The Balaban J connectivity index is 1.86. The summed E-state index contributed by atoms with van der Waals surface area (Å²) in [4.78, 5) is 11.3. The lowest BCUT2D eigenvalue weighted by Crippen LogP contribution is -1.96. The van der Waals surface area contributed by atoms with Crippen LogP contribution in [0.25, 0.3) is 21.7 Å². The van der Waals surface area contributed by atoms with Gasteiger partial charge in [0.15, 0.2) is 5.82 Å². The van der Waals surface area contributed by atoms with E-state index in [0.717, 1.165) is 23.1 Å². The molecule has 0 radical (unpaired) electrons. The highest BCUT2D eigenvalue weighted by Gasteiger charge is 2.22. The van der Waals surface area contributed by atoms with E-state index in [4.69, 9.17) is 16.3 Å². The lowest BCUT2D eigenvalue weighted by atomic mass is 10.2. The van der Waals surface area contributed by atoms with Crippen LogP contribution in [0.5, 0.6) is 5.88 Å². The second-order valence-electron chi connectivity index (χ2n) is 4.84. The van der Waals surface area contributed by atoms with Crippen LogP contribution in [0.3, 0.4) is 0 Å². The summed E-state index contributed by atoms with van der Waals surface area (Å²) < 4.78 is 5.00. The van der Waals surface area contributed by atoms with E-state index in [1.807, 2.05) is 0 Å². The predicted molar refractivity (Wildman–Crippen MR) is 82.0 cm³/mol. The molecule has 1 aliphatic carbocycles. The first-order valence-corrected chi connectivity index (χ1v) is 7.81. The Morgan fingerprint density at radius 1 is 1.19 bits per heavy atom. The summed E-state index contributed by atoms with van der Waals surface area (Å²) >= 11 is 8.09. The molecular weight excluding hydrogens is 308 g/mol. The molecule has 0 spiro atoms. The molecule has 0 N–H and O–H groups in total. The predicted octanol–water partition coefficient (Wildman–Crippen LogP) is 3.30. The molecule has 7 heteroatoms. The largest absolute Gasteiger partial charge is 0.480 e. The Kier molecular flexibility index (Phi) is 3.01. The summed E-state index contributed by atoms with van der Waals surface area (Å²) in [7, 11) is 1.55. The summed E-state index contributed by atoms with van der Waals surface area (Å²) in [6.45, 7) is 0. The number of nitrogens with zero attached hydrogens (tertiary/aromatic N) is 4. The van der Waals surface area contributed by atoms with Gasteiger partial charge in [-0.1, -0.05) is 11.6 Å². The molecule has 0 saturated heterocycles. The van der Waals surface area contributed by atoms with Gasteiger partial charge in [0.2, 0.25) is 5.88 Å². The van der Waals surface area contributed by atoms with Crippen LogP contribution in [0.15, 0.2) is 12.1 Å². The molecular formula is C14H11ClN4OS. The molecule has 4 rings (SSSR count). The number of aromatic nitrogens is 4. The van der Waals surface area contributed by atoms with Crippen molar-refractivity contribution in [2.75, 3.05) is 7.11 Å². The van der Waals surface area contributed by atoms with E-state index >= 15 is 0 Å². The van der Waals surface area contributed by atoms with Crippen LogP contribution in [0.2, 0.25) is 5.15 Å². The maximum Gasteiger partial charge on any atom is 0.233 e. The SMILES string of the molecule is COc1ccc(-c2nc(Cl)c3c4c(sc3n2)CCC4)nn1. The van der Waals surface area contributed by atoms with Crippen LogP contribution in [0, 0.1) is 0 Å². The highest BCUT2D eigenvalue weighted by atomic mass is 35.5. The van der Waals surface area contributed by atoms with Gasteiger partial charge in [-0.05, 0) is 30.9 Å². The standard InChI is InChI=1S/C14H11ClN4OS/c1-20-10-6-5-8(18-19-10)13-16-12(15)11-7-3-2-4-9(7)21-14(11)17-13/h5-6H,2-4H2,1H3. The molecule has 5 nitrogen and oxygen atoms in total. The van der Waals surface area contributed by atoms with Gasteiger partial charge in [0.25, 0.3) is 0 Å². The van der Waals surface area contributed by atoms with E-state index in [2.05, 4.69) is 20.2 Å². The number of aryl methyl sites for hydroxylation is 2. The molecule has 3 heterocycles. The number of rotatable bonds is 2. The van der Waals surface area contributed by atoms with Gasteiger partial charge < -0.3 is 4.74 Å².